The first-order valence-electron chi connectivity index (χ1n) is 5.68. The molecule has 0 unspecified atom stereocenters. The lowest BCUT2D eigenvalue weighted by atomic mass is 10.1. The van der Waals surface area contributed by atoms with Crippen LogP contribution in [0.4, 0.5) is 0 Å². The summed E-state index contributed by atoms with van der Waals surface area (Å²) in [6.07, 6.45) is 0. The molecule has 0 saturated carbocycles. The Hall–Kier alpha value is -2.29. The molecule has 0 aliphatic heterocycles. The monoisotopic (exact) mass is 242 g/mol. The van der Waals surface area contributed by atoms with Gasteiger partial charge >= 0.3 is 5.97 Å². The van der Waals surface area contributed by atoms with Crippen LogP contribution >= 0.6 is 0 Å². The van der Waals surface area contributed by atoms with Gasteiger partial charge in [0.2, 0.25) is 0 Å². The summed E-state index contributed by atoms with van der Waals surface area (Å²) < 4.78 is 5.65. The number of hydrogen-bond donors (Lipinski definition) is 1. The van der Waals surface area contributed by atoms with E-state index in [1.54, 1.807) is 18.2 Å². The van der Waals surface area contributed by atoms with Gasteiger partial charge in [0, 0.05) is 5.56 Å². The van der Waals surface area contributed by atoms with E-state index in [4.69, 9.17) is 9.84 Å². The number of carboxylic acids is 1. The molecule has 0 amide bonds. The second kappa shape index (κ2) is 5.36. The van der Waals surface area contributed by atoms with Gasteiger partial charge in [-0.3, -0.25) is 0 Å². The zero-order valence-corrected chi connectivity index (χ0v) is 10.1. The molecule has 0 radical (unpaired) electrons. The van der Waals surface area contributed by atoms with E-state index in [0.717, 1.165) is 11.3 Å². The molecule has 1 N–H and O–H groups in total. The van der Waals surface area contributed by atoms with Crippen molar-refractivity contribution in [3.8, 4) is 5.75 Å². The zero-order chi connectivity index (χ0) is 13.0. The lowest BCUT2D eigenvalue weighted by Crippen LogP contribution is -2.05. The van der Waals surface area contributed by atoms with Crippen LogP contribution in [-0.2, 0) is 6.61 Å². The molecule has 3 nitrogen and oxygen atoms in total. The maximum Gasteiger partial charge on any atom is 0.336 e. The molecule has 0 saturated heterocycles. The summed E-state index contributed by atoms with van der Waals surface area (Å²) >= 11 is 0. The van der Waals surface area contributed by atoms with Gasteiger partial charge in [0.15, 0.2) is 0 Å². The topological polar surface area (TPSA) is 46.5 Å². The van der Waals surface area contributed by atoms with E-state index in [0.29, 0.717) is 5.56 Å². The fourth-order valence-corrected chi connectivity index (χ4v) is 1.73. The molecule has 18 heavy (non-hydrogen) atoms. The molecule has 2 aromatic rings. The molecule has 2 aromatic carbocycles. The molecule has 92 valence electrons. The van der Waals surface area contributed by atoms with Gasteiger partial charge in [-0.1, -0.05) is 36.4 Å². The van der Waals surface area contributed by atoms with Crippen LogP contribution in [0.1, 0.15) is 21.5 Å². The Balaban J connectivity index is 2.16. The van der Waals surface area contributed by atoms with E-state index in [1.165, 1.54) is 0 Å². The molecule has 3 heteroatoms. The van der Waals surface area contributed by atoms with Gasteiger partial charge < -0.3 is 9.84 Å². The van der Waals surface area contributed by atoms with Crippen molar-refractivity contribution in [2.45, 2.75) is 13.5 Å². The van der Waals surface area contributed by atoms with Crippen LogP contribution in [0.2, 0.25) is 0 Å². The molecule has 0 aliphatic rings. The molecule has 0 atom stereocenters. The van der Waals surface area contributed by atoms with E-state index in [2.05, 4.69) is 0 Å². The van der Waals surface area contributed by atoms with Crippen molar-refractivity contribution in [1.82, 2.24) is 0 Å². The van der Waals surface area contributed by atoms with Crippen LogP contribution in [0.15, 0.2) is 48.5 Å². The molecule has 0 aromatic heterocycles. The van der Waals surface area contributed by atoms with Gasteiger partial charge in [-0.2, -0.15) is 0 Å². The molecule has 0 fully saturated rings. The smallest absolute Gasteiger partial charge is 0.336 e. The minimum Gasteiger partial charge on any atom is -0.489 e. The van der Waals surface area contributed by atoms with E-state index in [-0.39, 0.29) is 12.2 Å². The second-order valence-corrected chi connectivity index (χ2v) is 4.02. The van der Waals surface area contributed by atoms with Gasteiger partial charge in [0.05, 0.1) is 5.56 Å². The molecule has 0 heterocycles. The number of hydrogen-bond acceptors (Lipinski definition) is 2. The first kappa shape index (κ1) is 12.2. The summed E-state index contributed by atoms with van der Waals surface area (Å²) in [6, 6.07) is 14.5. The summed E-state index contributed by atoms with van der Waals surface area (Å²) in [6.45, 7) is 2.21. The van der Waals surface area contributed by atoms with Crippen LogP contribution in [-0.4, -0.2) is 11.1 Å². The standard InChI is InChI=1S/C15H14O3/c1-11-6-2-5-9-14(11)18-10-12-7-3-4-8-13(12)15(16)17/h2-9H,10H2,1H3,(H,16,17). The highest BCUT2D eigenvalue weighted by Gasteiger charge is 2.09. The Morgan fingerprint density at radius 1 is 1.11 bits per heavy atom. The number of benzene rings is 2. The SMILES string of the molecule is Cc1ccccc1OCc1ccccc1C(=O)O. The van der Waals surface area contributed by atoms with E-state index in [9.17, 15) is 4.79 Å². The Morgan fingerprint density at radius 3 is 2.50 bits per heavy atom. The first-order valence-corrected chi connectivity index (χ1v) is 5.68. The molecule has 0 spiro atoms. The predicted octanol–water partition coefficient (Wildman–Crippen LogP) is 3.27. The van der Waals surface area contributed by atoms with Crippen molar-refractivity contribution in [1.29, 1.82) is 0 Å². The number of ether oxygens (including phenoxy) is 1. The summed E-state index contributed by atoms with van der Waals surface area (Å²) in [7, 11) is 0. The molecule has 2 rings (SSSR count). The number of aromatic carboxylic acids is 1. The second-order valence-electron chi connectivity index (χ2n) is 4.02. The number of rotatable bonds is 4. The van der Waals surface area contributed by atoms with Crippen molar-refractivity contribution in [3.63, 3.8) is 0 Å². The van der Waals surface area contributed by atoms with E-state index < -0.39 is 5.97 Å². The third-order valence-electron chi connectivity index (χ3n) is 2.72. The third kappa shape index (κ3) is 2.69. The Kier molecular flexibility index (Phi) is 3.63. The predicted molar refractivity (Wildman–Crippen MR) is 68.9 cm³/mol. The van der Waals surface area contributed by atoms with Gasteiger partial charge in [-0.05, 0) is 24.6 Å². The third-order valence-corrected chi connectivity index (χ3v) is 2.72. The van der Waals surface area contributed by atoms with Gasteiger partial charge in [0.1, 0.15) is 12.4 Å². The fourth-order valence-electron chi connectivity index (χ4n) is 1.73. The molecule has 0 bridgehead atoms. The number of aryl methyl sites for hydroxylation is 1. The lowest BCUT2D eigenvalue weighted by molar-refractivity contribution is 0.0694. The van der Waals surface area contributed by atoms with Crippen molar-refractivity contribution >= 4 is 5.97 Å². The van der Waals surface area contributed by atoms with Crippen LogP contribution < -0.4 is 4.74 Å². The fraction of sp³-hybridized carbons (Fsp3) is 0.133. The number of para-hydroxylation sites is 1. The highest BCUT2D eigenvalue weighted by atomic mass is 16.5. The van der Waals surface area contributed by atoms with Crippen molar-refractivity contribution in [3.05, 3.63) is 65.2 Å². The molecule has 0 aliphatic carbocycles. The highest BCUT2D eigenvalue weighted by Crippen LogP contribution is 2.19. The lowest BCUT2D eigenvalue weighted by Gasteiger charge is -2.10. The largest absolute Gasteiger partial charge is 0.489 e. The van der Waals surface area contributed by atoms with Gasteiger partial charge in [-0.15, -0.1) is 0 Å². The minimum absolute atomic E-state index is 0.257. The van der Waals surface area contributed by atoms with Crippen molar-refractivity contribution in [2.24, 2.45) is 0 Å². The Morgan fingerprint density at radius 2 is 1.78 bits per heavy atom. The summed E-state index contributed by atoms with van der Waals surface area (Å²) in [5.74, 6) is -0.156. The summed E-state index contributed by atoms with van der Waals surface area (Å²) in [5.41, 5.74) is 1.99. The van der Waals surface area contributed by atoms with Crippen LogP contribution in [0.3, 0.4) is 0 Å². The van der Waals surface area contributed by atoms with Crippen LogP contribution in [0.25, 0.3) is 0 Å². The average Bonchev–Trinajstić information content (AvgIpc) is 2.38. The van der Waals surface area contributed by atoms with Gasteiger partial charge in [-0.25, -0.2) is 4.79 Å². The average molecular weight is 242 g/mol. The molecular formula is C15H14O3. The minimum atomic E-state index is -0.931. The van der Waals surface area contributed by atoms with Crippen LogP contribution in [0.5, 0.6) is 5.75 Å². The maximum atomic E-state index is 11.0. The summed E-state index contributed by atoms with van der Waals surface area (Å²) in [4.78, 5) is 11.0. The van der Waals surface area contributed by atoms with Crippen LogP contribution in [0, 0.1) is 6.92 Å². The summed E-state index contributed by atoms with van der Waals surface area (Å²) in [5, 5.41) is 9.06. The Bertz CT molecular complexity index is 561. The zero-order valence-electron chi connectivity index (χ0n) is 10.1. The Labute approximate surface area is 106 Å². The molecular weight excluding hydrogens is 228 g/mol. The number of carbonyl (C=O) groups is 1. The normalized spacial score (nSPS) is 10.1. The van der Waals surface area contributed by atoms with Crippen molar-refractivity contribution < 1.29 is 14.6 Å². The van der Waals surface area contributed by atoms with E-state index in [1.807, 2.05) is 37.3 Å². The highest BCUT2D eigenvalue weighted by molar-refractivity contribution is 5.89. The quantitative estimate of drug-likeness (QED) is 0.895. The van der Waals surface area contributed by atoms with E-state index >= 15 is 0 Å². The number of carboxylic acid groups (broad SMARTS) is 1. The van der Waals surface area contributed by atoms with Gasteiger partial charge in [0.25, 0.3) is 0 Å². The first-order chi connectivity index (χ1) is 8.68. The maximum absolute atomic E-state index is 11.0. The van der Waals surface area contributed by atoms with Crippen molar-refractivity contribution in [2.75, 3.05) is 0 Å².